The lowest BCUT2D eigenvalue weighted by atomic mass is 9.98. The van der Waals surface area contributed by atoms with Gasteiger partial charge in [-0.1, -0.05) is 60.7 Å². The molecule has 326 valence electrons. The molecular formula is C38H12F20O2P2. The Hall–Kier alpha value is -5.30. The molecule has 0 aliphatic carbocycles. The van der Waals surface area contributed by atoms with Crippen LogP contribution in [0.1, 0.15) is 23.3 Å². The van der Waals surface area contributed by atoms with E-state index in [2.05, 4.69) is 0 Å². The zero-order chi connectivity index (χ0) is 45.8. The largest absolute Gasteiger partial charge is 0.338 e. The van der Waals surface area contributed by atoms with Crippen LogP contribution in [0.25, 0.3) is 0 Å². The quantitative estimate of drug-likeness (QED) is 0.0558. The van der Waals surface area contributed by atoms with Crippen LogP contribution in [0.15, 0.2) is 60.7 Å². The standard InChI is InChI=1S/C38H12F20O2P2/c39-13-17(43)25(51)35(26(52)18(13)44)61(36-27(53)19(45)14(40)20(46)28(36)54)59-33(11-7-3-1-4-8-11)34(12-9-5-2-6-10-12)60-62(37-29(55)21(47)15(41)22(48)30(37)56)38-31(57)23(49)16(42)24(50)32(38)58/h1-10,33-34H. The number of hydrogen-bond acceptors (Lipinski definition) is 2. The van der Waals surface area contributed by atoms with Crippen LogP contribution < -0.4 is 21.2 Å². The van der Waals surface area contributed by atoms with E-state index in [1.54, 1.807) is 0 Å². The van der Waals surface area contributed by atoms with Crippen molar-refractivity contribution < 1.29 is 96.9 Å². The maximum absolute atomic E-state index is 15.6. The van der Waals surface area contributed by atoms with Gasteiger partial charge in [-0.05, 0) is 11.1 Å². The first-order chi connectivity index (χ1) is 29.1. The van der Waals surface area contributed by atoms with Crippen LogP contribution in [0, 0.1) is 116 Å². The molecule has 6 rings (SSSR count). The SMILES string of the molecule is Fc1c(F)c(F)c(P(OC(c2ccccc2)C(OP(c2c(F)c(F)c(F)c(F)c2F)c2c(F)c(F)c(F)c(F)c2F)c2ccccc2)c2c(F)c(F)c(F)c(F)c2F)c(F)c1F. The second-order valence-electron chi connectivity index (χ2n) is 12.1. The highest BCUT2D eigenvalue weighted by atomic mass is 31.1. The van der Waals surface area contributed by atoms with Gasteiger partial charge in [-0.15, -0.1) is 0 Å². The number of rotatable bonds is 11. The zero-order valence-corrected chi connectivity index (χ0v) is 31.0. The molecule has 0 amide bonds. The second-order valence-corrected chi connectivity index (χ2v) is 15.5. The van der Waals surface area contributed by atoms with Gasteiger partial charge in [-0.3, -0.25) is 0 Å². The Morgan fingerprint density at radius 2 is 0.403 bits per heavy atom. The zero-order valence-electron chi connectivity index (χ0n) is 29.2. The predicted molar refractivity (Wildman–Crippen MR) is 178 cm³/mol. The smallest absolute Gasteiger partial charge is 0.200 e. The van der Waals surface area contributed by atoms with Crippen LogP contribution >= 0.6 is 16.3 Å². The fourth-order valence-electron chi connectivity index (χ4n) is 5.62. The molecule has 0 fully saturated rings. The van der Waals surface area contributed by atoms with E-state index in [0.29, 0.717) is 0 Å². The minimum absolute atomic E-state index is 0.689. The third kappa shape index (κ3) is 7.75. The average molecular weight is 942 g/mol. The molecule has 0 N–H and O–H groups in total. The van der Waals surface area contributed by atoms with Crippen LogP contribution in [0.2, 0.25) is 0 Å². The normalized spacial score (nSPS) is 12.8. The van der Waals surface area contributed by atoms with Crippen molar-refractivity contribution >= 4 is 37.5 Å². The van der Waals surface area contributed by atoms with Crippen molar-refractivity contribution in [1.82, 2.24) is 0 Å². The van der Waals surface area contributed by atoms with E-state index in [4.69, 9.17) is 9.05 Å². The van der Waals surface area contributed by atoms with E-state index in [-0.39, 0.29) is 0 Å². The highest BCUT2D eigenvalue weighted by molar-refractivity contribution is 7.69. The molecule has 0 radical (unpaired) electrons. The van der Waals surface area contributed by atoms with Crippen molar-refractivity contribution in [2.45, 2.75) is 12.2 Å². The summed E-state index contributed by atoms with van der Waals surface area (Å²) in [7, 11) is -9.60. The maximum atomic E-state index is 15.6. The Kier molecular flexibility index (Phi) is 13.3. The molecule has 62 heavy (non-hydrogen) atoms. The third-order valence-corrected chi connectivity index (χ3v) is 12.6. The minimum Gasteiger partial charge on any atom is -0.338 e. The van der Waals surface area contributed by atoms with Crippen LogP contribution in [-0.2, 0) is 9.05 Å². The number of halogens is 20. The van der Waals surface area contributed by atoms with E-state index < -0.39 is 177 Å². The highest BCUT2D eigenvalue weighted by Gasteiger charge is 2.45. The Morgan fingerprint density at radius 3 is 0.581 bits per heavy atom. The number of benzene rings is 6. The Balaban J connectivity index is 1.75. The fraction of sp³-hybridized carbons (Fsp3) is 0.0526. The molecular weight excluding hydrogens is 930 g/mol. The molecule has 24 heteroatoms. The van der Waals surface area contributed by atoms with Crippen molar-refractivity contribution in [3.8, 4) is 0 Å². The summed E-state index contributed by atoms with van der Waals surface area (Å²) in [6.07, 6.45) is -5.61. The molecule has 2 unspecified atom stereocenters. The molecule has 0 bridgehead atoms. The minimum atomic E-state index is -4.80. The van der Waals surface area contributed by atoms with Gasteiger partial charge in [0.05, 0.1) is 21.2 Å². The van der Waals surface area contributed by atoms with Gasteiger partial charge in [0.25, 0.3) is 0 Å². The van der Waals surface area contributed by atoms with Crippen LogP contribution in [0.3, 0.4) is 0 Å². The molecule has 6 aromatic rings. The van der Waals surface area contributed by atoms with Crippen molar-refractivity contribution in [3.63, 3.8) is 0 Å². The monoisotopic (exact) mass is 942 g/mol. The molecule has 2 atom stereocenters. The average Bonchev–Trinajstić information content (AvgIpc) is 3.27. The molecule has 2 nitrogen and oxygen atoms in total. The first-order valence-corrected chi connectivity index (χ1v) is 18.8. The summed E-state index contributed by atoms with van der Waals surface area (Å²) in [5.74, 6) is -59.1. The van der Waals surface area contributed by atoms with Gasteiger partial charge in [0.2, 0.25) is 23.3 Å². The van der Waals surface area contributed by atoms with Gasteiger partial charge in [-0.2, -0.15) is 0 Å². The maximum Gasteiger partial charge on any atom is 0.200 e. The summed E-state index contributed by atoms with van der Waals surface area (Å²) in [6, 6.07) is 9.64. The lowest BCUT2D eigenvalue weighted by Crippen LogP contribution is -2.33. The second kappa shape index (κ2) is 17.8. The van der Waals surface area contributed by atoms with E-state index >= 15 is 35.1 Å². The van der Waals surface area contributed by atoms with Crippen molar-refractivity contribution in [3.05, 3.63) is 188 Å². The summed E-state index contributed by atoms with van der Waals surface area (Å²) in [6.45, 7) is 0. The number of hydrogen-bond donors (Lipinski definition) is 0. The summed E-state index contributed by atoms with van der Waals surface area (Å²) in [5.41, 5.74) is -1.38. The van der Waals surface area contributed by atoms with Gasteiger partial charge >= 0.3 is 0 Å². The molecule has 0 aliphatic heterocycles. The van der Waals surface area contributed by atoms with Gasteiger partial charge in [-0.25, -0.2) is 87.8 Å². The predicted octanol–water partition coefficient (Wildman–Crippen LogP) is 11.4. The lowest BCUT2D eigenvalue weighted by Gasteiger charge is -2.35. The molecule has 0 heterocycles. The van der Waals surface area contributed by atoms with Gasteiger partial charge in [0.15, 0.2) is 93.1 Å². The first kappa shape index (κ1) is 46.2. The van der Waals surface area contributed by atoms with Crippen molar-refractivity contribution in [1.29, 1.82) is 0 Å². The lowest BCUT2D eigenvalue weighted by molar-refractivity contribution is 0.0742. The molecule has 0 saturated heterocycles. The third-order valence-electron chi connectivity index (χ3n) is 8.53. The summed E-state index contributed by atoms with van der Waals surface area (Å²) in [4.78, 5) is 0. The summed E-state index contributed by atoms with van der Waals surface area (Å²) in [5, 5.41) is -9.80. The van der Waals surface area contributed by atoms with E-state index in [0.717, 1.165) is 60.7 Å². The van der Waals surface area contributed by atoms with Crippen LogP contribution in [-0.4, -0.2) is 0 Å². The van der Waals surface area contributed by atoms with E-state index in [9.17, 15) is 52.7 Å². The Morgan fingerprint density at radius 1 is 0.242 bits per heavy atom. The van der Waals surface area contributed by atoms with Crippen LogP contribution in [0.5, 0.6) is 0 Å². The highest BCUT2D eigenvalue weighted by Crippen LogP contribution is 2.54. The summed E-state index contributed by atoms with van der Waals surface area (Å²) >= 11 is 0. The van der Waals surface area contributed by atoms with Crippen LogP contribution in [0.4, 0.5) is 87.8 Å². The summed E-state index contributed by atoms with van der Waals surface area (Å²) < 4.78 is 311. The van der Waals surface area contributed by atoms with Crippen molar-refractivity contribution in [2.24, 2.45) is 0 Å². The van der Waals surface area contributed by atoms with E-state index in [1.807, 2.05) is 0 Å². The molecule has 0 aliphatic rings. The van der Waals surface area contributed by atoms with Gasteiger partial charge in [0, 0.05) is 0 Å². The molecule has 6 aromatic carbocycles. The van der Waals surface area contributed by atoms with E-state index in [1.165, 1.54) is 0 Å². The first-order valence-electron chi connectivity index (χ1n) is 16.2. The molecule has 0 spiro atoms. The molecule has 0 aromatic heterocycles. The topological polar surface area (TPSA) is 18.5 Å². The fourth-order valence-corrected chi connectivity index (χ4v) is 9.61. The van der Waals surface area contributed by atoms with Gasteiger partial charge < -0.3 is 9.05 Å². The Bertz CT molecular complexity index is 2300. The van der Waals surface area contributed by atoms with Crippen molar-refractivity contribution in [2.75, 3.05) is 0 Å². The molecule has 0 saturated carbocycles. The van der Waals surface area contributed by atoms with Gasteiger partial charge in [0.1, 0.15) is 28.5 Å². The Labute approximate surface area is 334 Å².